The SMILES string of the molecule is CCN(CC)C(CNC(=O)C1CCN(S(=O)(=O)c2c(C)noc2C)CC1)c1ccco1. The Kier molecular flexibility index (Phi) is 7.55. The number of hydrogen-bond donors (Lipinski definition) is 1. The molecule has 3 heterocycles. The van der Waals surface area contributed by atoms with Crippen LogP contribution in [0.2, 0.25) is 0 Å². The van der Waals surface area contributed by atoms with Gasteiger partial charge in [0.25, 0.3) is 0 Å². The van der Waals surface area contributed by atoms with Crippen LogP contribution in [0.3, 0.4) is 0 Å². The van der Waals surface area contributed by atoms with Crippen molar-refractivity contribution >= 4 is 15.9 Å². The third-order valence-corrected chi connectivity index (χ3v) is 8.13. The number of aromatic nitrogens is 1. The molecule has 0 saturated carbocycles. The van der Waals surface area contributed by atoms with Crippen molar-refractivity contribution < 1.29 is 22.2 Å². The average Bonchev–Trinajstić information content (AvgIpc) is 3.41. The maximum atomic E-state index is 13.0. The van der Waals surface area contributed by atoms with Crippen LogP contribution in [0.25, 0.3) is 0 Å². The summed E-state index contributed by atoms with van der Waals surface area (Å²) in [6, 6.07) is 3.74. The van der Waals surface area contributed by atoms with E-state index in [1.807, 2.05) is 12.1 Å². The Morgan fingerprint density at radius 2 is 1.97 bits per heavy atom. The second-order valence-corrected chi connectivity index (χ2v) is 9.70. The Bertz CT molecular complexity index is 939. The Morgan fingerprint density at radius 1 is 1.29 bits per heavy atom. The third kappa shape index (κ3) is 5.02. The van der Waals surface area contributed by atoms with E-state index in [0.29, 0.717) is 38.2 Å². The van der Waals surface area contributed by atoms with E-state index in [1.165, 1.54) is 4.31 Å². The smallest absolute Gasteiger partial charge is 0.248 e. The van der Waals surface area contributed by atoms with E-state index < -0.39 is 10.0 Å². The zero-order chi connectivity index (χ0) is 22.6. The molecule has 172 valence electrons. The summed E-state index contributed by atoms with van der Waals surface area (Å²) in [5.74, 6) is 0.852. The minimum absolute atomic E-state index is 0.0334. The van der Waals surface area contributed by atoms with Gasteiger partial charge in [0.2, 0.25) is 15.9 Å². The molecular weight excluding hydrogens is 420 g/mol. The minimum atomic E-state index is -3.68. The molecule has 0 bridgehead atoms. The number of likely N-dealkylation sites (N-methyl/N-ethyl adjacent to an activating group) is 1. The summed E-state index contributed by atoms with van der Waals surface area (Å²) in [6.45, 7) is 10.1. The number of hydrogen-bond acceptors (Lipinski definition) is 7. The number of nitrogens with one attached hydrogen (secondary N) is 1. The van der Waals surface area contributed by atoms with Crippen LogP contribution in [0.1, 0.15) is 49.9 Å². The van der Waals surface area contributed by atoms with Gasteiger partial charge in [-0.15, -0.1) is 0 Å². The van der Waals surface area contributed by atoms with Crippen molar-refractivity contribution in [2.75, 3.05) is 32.7 Å². The first-order valence-electron chi connectivity index (χ1n) is 10.8. The normalized spacial score (nSPS) is 17.2. The first kappa shape index (κ1) is 23.5. The van der Waals surface area contributed by atoms with Gasteiger partial charge in [0.1, 0.15) is 16.3 Å². The zero-order valence-electron chi connectivity index (χ0n) is 18.6. The molecule has 31 heavy (non-hydrogen) atoms. The Balaban J connectivity index is 1.59. The van der Waals surface area contributed by atoms with E-state index in [-0.39, 0.29) is 28.5 Å². The molecule has 0 aromatic carbocycles. The van der Waals surface area contributed by atoms with Crippen molar-refractivity contribution in [2.45, 2.75) is 51.5 Å². The Morgan fingerprint density at radius 3 is 2.48 bits per heavy atom. The van der Waals surface area contributed by atoms with Gasteiger partial charge in [0.15, 0.2) is 5.76 Å². The quantitative estimate of drug-likeness (QED) is 0.622. The van der Waals surface area contributed by atoms with E-state index in [1.54, 1.807) is 20.1 Å². The predicted molar refractivity (Wildman–Crippen MR) is 115 cm³/mol. The molecule has 0 aliphatic carbocycles. The molecule has 1 aliphatic heterocycles. The molecule has 0 spiro atoms. The lowest BCUT2D eigenvalue weighted by Gasteiger charge is -2.32. The van der Waals surface area contributed by atoms with Crippen LogP contribution in [0.15, 0.2) is 32.2 Å². The van der Waals surface area contributed by atoms with E-state index in [4.69, 9.17) is 8.94 Å². The first-order chi connectivity index (χ1) is 14.8. The molecule has 1 atom stereocenters. The van der Waals surface area contributed by atoms with Gasteiger partial charge >= 0.3 is 0 Å². The van der Waals surface area contributed by atoms with E-state index in [0.717, 1.165) is 18.8 Å². The lowest BCUT2D eigenvalue weighted by molar-refractivity contribution is -0.126. The lowest BCUT2D eigenvalue weighted by atomic mass is 9.97. The molecule has 1 N–H and O–H groups in total. The zero-order valence-corrected chi connectivity index (χ0v) is 19.4. The molecule has 2 aromatic rings. The number of carbonyl (C=O) groups excluding carboxylic acids is 1. The van der Waals surface area contributed by atoms with Gasteiger partial charge in [-0.1, -0.05) is 19.0 Å². The molecule has 10 heteroatoms. The molecule has 1 fully saturated rings. The second-order valence-electron chi connectivity index (χ2n) is 7.83. The van der Waals surface area contributed by atoms with Crippen molar-refractivity contribution in [2.24, 2.45) is 5.92 Å². The number of sulfonamides is 1. The second kappa shape index (κ2) is 9.97. The fourth-order valence-corrected chi connectivity index (χ4v) is 5.99. The van der Waals surface area contributed by atoms with Crippen molar-refractivity contribution in [3.8, 4) is 0 Å². The molecule has 9 nitrogen and oxygen atoms in total. The average molecular weight is 453 g/mol. The topological polar surface area (TPSA) is 109 Å². The number of amides is 1. The van der Waals surface area contributed by atoms with Crippen LogP contribution in [-0.4, -0.2) is 61.4 Å². The Hall–Kier alpha value is -2.17. The standard InChI is InChI=1S/C21H32N4O5S/c1-5-24(6-2)18(19-8-7-13-29-19)14-22-21(26)17-9-11-25(12-10-17)31(27,28)20-15(3)23-30-16(20)4/h7-8,13,17-18H,5-6,9-12,14H2,1-4H3,(H,22,26). The highest BCUT2D eigenvalue weighted by atomic mass is 32.2. The van der Waals surface area contributed by atoms with Gasteiger partial charge in [0, 0.05) is 25.6 Å². The number of nitrogens with zero attached hydrogens (tertiary/aromatic N) is 3. The van der Waals surface area contributed by atoms with E-state index in [2.05, 4.69) is 29.2 Å². The summed E-state index contributed by atoms with van der Waals surface area (Å²) >= 11 is 0. The van der Waals surface area contributed by atoms with Crippen molar-refractivity contribution in [3.63, 3.8) is 0 Å². The summed E-state index contributed by atoms with van der Waals surface area (Å²) in [7, 11) is -3.68. The maximum absolute atomic E-state index is 13.0. The van der Waals surface area contributed by atoms with E-state index >= 15 is 0 Å². The van der Waals surface area contributed by atoms with Crippen molar-refractivity contribution in [1.82, 2.24) is 19.7 Å². The van der Waals surface area contributed by atoms with E-state index in [9.17, 15) is 13.2 Å². The number of rotatable bonds is 9. The van der Waals surface area contributed by atoms with Crippen LogP contribution >= 0.6 is 0 Å². The molecule has 3 rings (SSSR count). The molecule has 1 aliphatic rings. The molecule has 1 amide bonds. The van der Waals surface area contributed by atoms with Crippen molar-refractivity contribution in [1.29, 1.82) is 0 Å². The molecule has 2 aromatic heterocycles. The summed E-state index contributed by atoms with van der Waals surface area (Å²) in [4.78, 5) is 15.2. The van der Waals surface area contributed by atoms with Crippen LogP contribution in [0, 0.1) is 19.8 Å². The summed E-state index contributed by atoms with van der Waals surface area (Å²) < 4.78 is 38.0. The predicted octanol–water partition coefficient (Wildman–Crippen LogP) is 2.48. The largest absolute Gasteiger partial charge is 0.468 e. The fraction of sp³-hybridized carbons (Fsp3) is 0.619. The minimum Gasteiger partial charge on any atom is -0.468 e. The number of carbonyl (C=O) groups is 1. The van der Waals surface area contributed by atoms with Crippen LogP contribution < -0.4 is 5.32 Å². The fourth-order valence-electron chi connectivity index (χ4n) is 4.23. The maximum Gasteiger partial charge on any atom is 0.248 e. The summed E-state index contributed by atoms with van der Waals surface area (Å²) in [5.41, 5.74) is 0.359. The molecular formula is C21H32N4O5S. The highest BCUT2D eigenvalue weighted by Crippen LogP contribution is 2.28. The lowest BCUT2D eigenvalue weighted by Crippen LogP contribution is -2.45. The highest BCUT2D eigenvalue weighted by Gasteiger charge is 2.35. The van der Waals surface area contributed by atoms with Crippen LogP contribution in [0.5, 0.6) is 0 Å². The highest BCUT2D eigenvalue weighted by molar-refractivity contribution is 7.89. The summed E-state index contributed by atoms with van der Waals surface area (Å²) in [6.07, 6.45) is 2.60. The van der Waals surface area contributed by atoms with Gasteiger partial charge in [-0.05, 0) is 51.9 Å². The number of piperidine rings is 1. The van der Waals surface area contributed by atoms with Crippen LogP contribution in [0.4, 0.5) is 0 Å². The summed E-state index contributed by atoms with van der Waals surface area (Å²) in [5, 5.41) is 6.81. The van der Waals surface area contributed by atoms with Crippen molar-refractivity contribution in [3.05, 3.63) is 35.6 Å². The first-order valence-corrected chi connectivity index (χ1v) is 12.2. The van der Waals surface area contributed by atoms with Gasteiger partial charge in [0.05, 0.1) is 12.3 Å². The third-order valence-electron chi connectivity index (χ3n) is 5.98. The van der Waals surface area contributed by atoms with Gasteiger partial charge in [-0.2, -0.15) is 4.31 Å². The monoisotopic (exact) mass is 452 g/mol. The molecule has 0 radical (unpaired) electrons. The Labute approximate surface area is 183 Å². The number of furan rings is 1. The number of aryl methyl sites for hydroxylation is 2. The molecule has 1 saturated heterocycles. The van der Waals surface area contributed by atoms with Gasteiger partial charge in [-0.25, -0.2) is 8.42 Å². The van der Waals surface area contributed by atoms with Crippen LogP contribution in [-0.2, 0) is 14.8 Å². The molecule has 1 unspecified atom stereocenters. The van der Waals surface area contributed by atoms with Gasteiger partial charge in [-0.3, -0.25) is 9.69 Å². The van der Waals surface area contributed by atoms with Gasteiger partial charge < -0.3 is 14.3 Å².